The maximum absolute atomic E-state index is 13.2. The van der Waals surface area contributed by atoms with Crippen LogP contribution in [0.5, 0.6) is 0 Å². The molecule has 1 aliphatic rings. The minimum Gasteiger partial charge on any atom is -0.362 e. The molecule has 5 nitrogen and oxygen atoms in total. The maximum atomic E-state index is 13.2. The summed E-state index contributed by atoms with van der Waals surface area (Å²) in [6.45, 7) is 4.52. The molecule has 2 aromatic rings. The molecule has 1 amide bonds. The van der Waals surface area contributed by atoms with Gasteiger partial charge in [0.2, 0.25) is 0 Å². The first-order valence-corrected chi connectivity index (χ1v) is 8.95. The Balaban J connectivity index is 1.92. The smallest absolute Gasteiger partial charge is 0.258 e. The number of carbonyl (C=O) groups excluding carboxylic acids is 2. The first-order chi connectivity index (χ1) is 12.4. The Hall–Kier alpha value is -2.69. The zero-order chi connectivity index (χ0) is 18.8. The maximum Gasteiger partial charge on any atom is 0.258 e. The number of rotatable bonds is 4. The van der Waals surface area contributed by atoms with Gasteiger partial charge in [-0.1, -0.05) is 17.7 Å². The van der Waals surface area contributed by atoms with Crippen LogP contribution >= 0.6 is 0 Å². The molecule has 0 bridgehead atoms. The van der Waals surface area contributed by atoms with E-state index < -0.39 is 6.04 Å². The van der Waals surface area contributed by atoms with E-state index in [0.717, 1.165) is 17.5 Å². The molecule has 1 unspecified atom stereocenters. The third-order valence-corrected chi connectivity index (χ3v) is 4.92. The second-order valence-corrected chi connectivity index (χ2v) is 7.11. The van der Waals surface area contributed by atoms with Crippen molar-refractivity contribution in [2.75, 3.05) is 25.5 Å². The largest absolute Gasteiger partial charge is 0.362 e. The molecule has 0 saturated carbocycles. The van der Waals surface area contributed by atoms with Gasteiger partial charge < -0.3 is 9.80 Å². The predicted octanol–water partition coefficient (Wildman–Crippen LogP) is 3.25. The van der Waals surface area contributed by atoms with Crippen LogP contribution in [0.1, 0.15) is 44.7 Å². The highest BCUT2D eigenvalue weighted by Crippen LogP contribution is 2.27. The molecule has 2 heterocycles. The number of Topliss-reactive ketones (excluding diaryl/α,β-unsaturated/α-hetero) is 1. The molecule has 136 valence electrons. The first-order valence-electron chi connectivity index (χ1n) is 8.95. The molecule has 3 rings (SSSR count). The van der Waals surface area contributed by atoms with Gasteiger partial charge in [0, 0.05) is 32.4 Å². The highest BCUT2D eigenvalue weighted by molar-refractivity contribution is 6.06. The summed E-state index contributed by atoms with van der Waals surface area (Å²) in [6, 6.07) is 9.03. The number of hydrogen-bond acceptors (Lipinski definition) is 4. The van der Waals surface area contributed by atoms with Crippen molar-refractivity contribution in [1.29, 1.82) is 0 Å². The van der Waals surface area contributed by atoms with E-state index in [2.05, 4.69) is 4.98 Å². The van der Waals surface area contributed by atoms with Crippen LogP contribution in [0.3, 0.4) is 0 Å². The Kier molecular flexibility index (Phi) is 5.07. The van der Waals surface area contributed by atoms with Gasteiger partial charge in [0.05, 0.1) is 11.6 Å². The van der Waals surface area contributed by atoms with Crippen molar-refractivity contribution in [1.82, 2.24) is 9.88 Å². The fraction of sp³-hybridized carbons (Fsp3) is 0.381. The van der Waals surface area contributed by atoms with Gasteiger partial charge in [0.15, 0.2) is 5.78 Å². The topological polar surface area (TPSA) is 53.5 Å². The zero-order valence-corrected chi connectivity index (χ0v) is 15.8. The minimum absolute atomic E-state index is 0.0346. The summed E-state index contributed by atoms with van der Waals surface area (Å²) in [6.07, 6.45) is 3.22. The number of hydrogen-bond donors (Lipinski definition) is 0. The van der Waals surface area contributed by atoms with Crippen LogP contribution in [0, 0.1) is 13.8 Å². The molecule has 1 saturated heterocycles. The van der Waals surface area contributed by atoms with Crippen molar-refractivity contribution in [2.45, 2.75) is 32.7 Å². The quantitative estimate of drug-likeness (QED) is 0.794. The lowest BCUT2D eigenvalue weighted by molar-refractivity contribution is 0.0671. The highest BCUT2D eigenvalue weighted by atomic mass is 16.2. The van der Waals surface area contributed by atoms with E-state index in [1.54, 1.807) is 23.2 Å². The molecular formula is C21H25N3O2. The van der Waals surface area contributed by atoms with Crippen molar-refractivity contribution in [3.63, 3.8) is 0 Å². The van der Waals surface area contributed by atoms with Gasteiger partial charge in [0.1, 0.15) is 5.82 Å². The van der Waals surface area contributed by atoms with E-state index >= 15 is 0 Å². The average Bonchev–Trinajstić information content (AvgIpc) is 3.12. The number of pyridine rings is 1. The van der Waals surface area contributed by atoms with Gasteiger partial charge in [0.25, 0.3) is 5.91 Å². The molecule has 1 fully saturated rings. The number of anilines is 1. The fourth-order valence-electron chi connectivity index (χ4n) is 3.54. The third-order valence-electron chi connectivity index (χ3n) is 4.92. The molecular weight excluding hydrogens is 326 g/mol. The van der Waals surface area contributed by atoms with E-state index in [-0.39, 0.29) is 11.7 Å². The minimum atomic E-state index is -0.404. The lowest BCUT2D eigenvalue weighted by Gasteiger charge is -2.26. The average molecular weight is 351 g/mol. The highest BCUT2D eigenvalue weighted by Gasteiger charge is 2.36. The second kappa shape index (κ2) is 7.28. The van der Waals surface area contributed by atoms with Crippen LogP contribution in [0.2, 0.25) is 0 Å². The SMILES string of the molecule is Cc1ccc(C)c(C(=O)C2CCCN2C(=O)c2cccnc2N(C)C)c1. The molecule has 1 aromatic heterocycles. The Morgan fingerprint density at radius 2 is 1.92 bits per heavy atom. The van der Waals surface area contributed by atoms with Crippen LogP contribution in [0.25, 0.3) is 0 Å². The van der Waals surface area contributed by atoms with E-state index in [0.29, 0.717) is 29.9 Å². The molecule has 1 atom stereocenters. The van der Waals surface area contributed by atoms with Crippen molar-refractivity contribution in [3.05, 3.63) is 58.8 Å². The van der Waals surface area contributed by atoms with Gasteiger partial charge in [-0.25, -0.2) is 4.98 Å². The van der Waals surface area contributed by atoms with Gasteiger partial charge in [-0.3, -0.25) is 9.59 Å². The molecule has 0 N–H and O–H groups in total. The molecule has 0 aliphatic carbocycles. The summed E-state index contributed by atoms with van der Waals surface area (Å²) in [4.78, 5) is 34.2. The summed E-state index contributed by atoms with van der Waals surface area (Å²) in [7, 11) is 3.73. The number of aryl methyl sites for hydroxylation is 2. The normalized spacial score (nSPS) is 16.6. The lowest BCUT2D eigenvalue weighted by Crippen LogP contribution is -2.41. The molecule has 1 aliphatic heterocycles. The summed E-state index contributed by atoms with van der Waals surface area (Å²) < 4.78 is 0. The fourth-order valence-corrected chi connectivity index (χ4v) is 3.54. The standard InChI is InChI=1S/C21H25N3O2/c1-14-9-10-15(2)17(13-14)19(25)18-8-6-12-24(18)21(26)16-7-5-11-22-20(16)23(3)4/h5,7,9-11,13,18H,6,8,12H2,1-4H3. The van der Waals surface area contributed by atoms with Crippen LogP contribution in [-0.2, 0) is 0 Å². The molecule has 1 aromatic carbocycles. The van der Waals surface area contributed by atoms with Crippen molar-refractivity contribution < 1.29 is 9.59 Å². The lowest BCUT2D eigenvalue weighted by atomic mass is 9.96. The van der Waals surface area contributed by atoms with E-state index in [1.807, 2.05) is 51.0 Å². The number of benzene rings is 1. The Bertz CT molecular complexity index is 845. The number of amides is 1. The third kappa shape index (κ3) is 3.34. The van der Waals surface area contributed by atoms with Crippen molar-refractivity contribution in [2.24, 2.45) is 0 Å². The molecule has 5 heteroatoms. The zero-order valence-electron chi connectivity index (χ0n) is 15.8. The second-order valence-electron chi connectivity index (χ2n) is 7.11. The molecule has 26 heavy (non-hydrogen) atoms. The summed E-state index contributed by atoms with van der Waals surface area (Å²) in [5.41, 5.74) is 3.26. The van der Waals surface area contributed by atoms with Gasteiger partial charge >= 0.3 is 0 Å². The van der Waals surface area contributed by atoms with E-state index in [9.17, 15) is 9.59 Å². The van der Waals surface area contributed by atoms with Gasteiger partial charge in [-0.15, -0.1) is 0 Å². The van der Waals surface area contributed by atoms with Gasteiger partial charge in [-0.05, 0) is 50.5 Å². The summed E-state index contributed by atoms with van der Waals surface area (Å²) in [5.74, 6) is 0.539. The van der Waals surface area contributed by atoms with Crippen LogP contribution in [-0.4, -0.2) is 48.3 Å². The number of aromatic nitrogens is 1. The monoisotopic (exact) mass is 351 g/mol. The molecule has 0 spiro atoms. The van der Waals surface area contributed by atoms with Gasteiger partial charge in [-0.2, -0.15) is 0 Å². The van der Waals surface area contributed by atoms with Crippen LogP contribution in [0.15, 0.2) is 36.5 Å². The number of ketones is 1. The van der Waals surface area contributed by atoms with Crippen molar-refractivity contribution >= 4 is 17.5 Å². The van der Waals surface area contributed by atoms with Crippen LogP contribution < -0.4 is 4.90 Å². The Morgan fingerprint density at radius 1 is 1.15 bits per heavy atom. The summed E-state index contributed by atoms with van der Waals surface area (Å²) >= 11 is 0. The number of carbonyl (C=O) groups is 2. The predicted molar refractivity (Wildman–Crippen MR) is 103 cm³/mol. The van der Waals surface area contributed by atoms with Crippen LogP contribution in [0.4, 0.5) is 5.82 Å². The first kappa shape index (κ1) is 18.1. The molecule has 0 radical (unpaired) electrons. The van der Waals surface area contributed by atoms with E-state index in [4.69, 9.17) is 0 Å². The number of likely N-dealkylation sites (tertiary alicyclic amines) is 1. The number of nitrogens with zero attached hydrogens (tertiary/aromatic N) is 3. The Morgan fingerprint density at radius 3 is 2.65 bits per heavy atom. The Labute approximate surface area is 154 Å². The van der Waals surface area contributed by atoms with Crippen molar-refractivity contribution in [3.8, 4) is 0 Å². The van der Waals surface area contributed by atoms with E-state index in [1.165, 1.54) is 0 Å². The summed E-state index contributed by atoms with van der Waals surface area (Å²) in [5, 5.41) is 0.